The summed E-state index contributed by atoms with van der Waals surface area (Å²) in [6.45, 7) is 22.5. The van der Waals surface area contributed by atoms with Crippen molar-refractivity contribution in [2.75, 3.05) is 37.0 Å². The van der Waals surface area contributed by atoms with Crippen molar-refractivity contribution in [1.82, 2.24) is 35.2 Å². The smallest absolute Gasteiger partial charge is 0.465 e. The second kappa shape index (κ2) is 42.7. The van der Waals surface area contributed by atoms with Gasteiger partial charge in [0.05, 0.1) is 63.7 Å². The molecule has 9 aromatic rings. The first-order chi connectivity index (χ1) is 46.4. The average molecular weight is 1400 g/mol. The number of esters is 1. The summed E-state index contributed by atoms with van der Waals surface area (Å²) in [4.78, 5) is 59.0. The van der Waals surface area contributed by atoms with Gasteiger partial charge in [0.25, 0.3) is 5.91 Å². The van der Waals surface area contributed by atoms with E-state index in [-0.39, 0.29) is 41.4 Å². The Kier molecular flexibility index (Phi) is 36.0. The number of aromatic nitrogens is 6. The van der Waals surface area contributed by atoms with Crippen molar-refractivity contribution in [3.8, 4) is 22.5 Å². The molecule has 0 saturated heterocycles. The molecule has 0 spiro atoms. The second-order valence-corrected chi connectivity index (χ2v) is 22.5. The Balaban J connectivity index is 0.000000317. The molecule has 3 atom stereocenters. The van der Waals surface area contributed by atoms with Crippen LogP contribution < -0.4 is 33.3 Å². The molecule has 0 aliphatic heterocycles. The zero-order valence-corrected chi connectivity index (χ0v) is 57.2. The van der Waals surface area contributed by atoms with Crippen LogP contribution in [0.25, 0.3) is 39.2 Å². The number of anilines is 4. The number of aliphatic hydroxyl groups is 3. The van der Waals surface area contributed by atoms with Gasteiger partial charge in [-0.3, -0.25) is 34.5 Å². The summed E-state index contributed by atoms with van der Waals surface area (Å²) < 4.78 is 44.8. The molecule has 20 nitrogen and oxygen atoms in total. The molecule has 0 saturated carbocycles. The lowest BCUT2D eigenvalue weighted by Gasteiger charge is -2.16. The van der Waals surface area contributed by atoms with Crippen LogP contribution in [0.5, 0.6) is 0 Å². The monoisotopic (exact) mass is 1400 g/mol. The molecule has 6 heterocycles. The first-order valence-electron chi connectivity index (χ1n) is 29.7. The predicted octanol–water partition coefficient (Wildman–Crippen LogP) is 12.5. The lowest BCUT2D eigenvalue weighted by molar-refractivity contribution is 0.0601. The molecule has 0 radical (unpaired) electrons. The van der Waals surface area contributed by atoms with E-state index in [0.29, 0.717) is 96.5 Å². The molecule has 6 aromatic heterocycles. The van der Waals surface area contributed by atoms with E-state index >= 15 is 0 Å². The van der Waals surface area contributed by atoms with Crippen LogP contribution >= 0.6 is 34.8 Å². The zero-order chi connectivity index (χ0) is 73.2. The van der Waals surface area contributed by atoms with Gasteiger partial charge in [0.2, 0.25) is 0 Å². The Morgan fingerprint density at radius 2 is 1.02 bits per heavy atom. The lowest BCUT2D eigenvalue weighted by atomic mass is 9.80. The van der Waals surface area contributed by atoms with Crippen LogP contribution in [0.2, 0.25) is 15.2 Å². The van der Waals surface area contributed by atoms with E-state index in [1.807, 2.05) is 20.8 Å². The number of pyridine rings is 6. The van der Waals surface area contributed by atoms with E-state index in [9.17, 15) is 32.7 Å². The van der Waals surface area contributed by atoms with Gasteiger partial charge in [-0.15, -0.1) is 0 Å². The van der Waals surface area contributed by atoms with E-state index in [0.717, 1.165) is 33.4 Å². The number of Topliss-reactive ketones (excluding diaryl/α,β-unsaturated/α-hetero) is 1. The van der Waals surface area contributed by atoms with Crippen molar-refractivity contribution in [1.29, 1.82) is 0 Å². The van der Waals surface area contributed by atoms with Crippen molar-refractivity contribution in [3.05, 3.63) is 251 Å². The second-order valence-electron chi connectivity index (χ2n) is 21.3. The van der Waals surface area contributed by atoms with Crippen LogP contribution in [-0.2, 0) is 4.74 Å². The number of hydrogen-bond donors (Lipinski definition) is 10. The van der Waals surface area contributed by atoms with Crippen molar-refractivity contribution in [2.45, 2.75) is 72.7 Å². The number of methoxy groups -OCH3 is 1. The average Bonchev–Trinajstić information content (AvgIpc) is 0.816. The Bertz CT molecular complexity index is 4120. The number of nitrogens with two attached hydrogens (primary N) is 3. The number of allylic oxidation sites excluding steroid dienone is 3. The molecule has 3 aromatic carbocycles. The minimum Gasteiger partial charge on any atom is -0.465 e. The Hall–Kier alpha value is -9.73. The number of aliphatic hydroxyl groups excluding tert-OH is 3. The summed E-state index contributed by atoms with van der Waals surface area (Å²) >= 11 is 17.5. The number of amides is 1. The van der Waals surface area contributed by atoms with Gasteiger partial charge in [0.1, 0.15) is 28.2 Å². The molecule has 98 heavy (non-hydrogen) atoms. The van der Waals surface area contributed by atoms with E-state index in [1.54, 1.807) is 125 Å². The van der Waals surface area contributed by atoms with Gasteiger partial charge in [-0.2, -0.15) is 0 Å². The summed E-state index contributed by atoms with van der Waals surface area (Å²) in [6, 6.07) is 28.2. The fraction of sp³-hybridized carbons (Fsp3) is 0.197. The van der Waals surface area contributed by atoms with E-state index in [4.69, 9.17) is 72.3 Å². The fourth-order valence-corrected chi connectivity index (χ4v) is 8.49. The fourth-order valence-electron chi connectivity index (χ4n) is 7.65. The summed E-state index contributed by atoms with van der Waals surface area (Å²) in [7, 11) is -0.421. The Morgan fingerprint density at radius 3 is 1.45 bits per heavy atom. The van der Waals surface area contributed by atoms with Crippen molar-refractivity contribution in [2.24, 2.45) is 5.73 Å². The molecular weight excluding hydrogens is 1330 g/mol. The molecule has 0 aliphatic rings. The third-order valence-corrected chi connectivity index (χ3v) is 13.7. The number of benzene rings is 3. The highest BCUT2D eigenvalue weighted by atomic mass is 35.5. The van der Waals surface area contributed by atoms with Gasteiger partial charge < -0.3 is 57.9 Å². The molecule has 0 fully saturated rings. The summed E-state index contributed by atoms with van der Waals surface area (Å²) in [5, 5.41) is 51.1. The van der Waals surface area contributed by atoms with Crippen LogP contribution in [0.1, 0.15) is 102 Å². The maximum absolute atomic E-state index is 14.3. The number of nitrogens with zero attached hydrogens (tertiary/aromatic N) is 6. The minimum atomic E-state index is -1.72. The number of ketones is 1. The number of halogens is 6. The third kappa shape index (κ3) is 28.2. The molecule has 9 rings (SSSR count). The number of carbonyl (C=O) groups excluding carboxylic acids is 3. The normalized spacial score (nSPS) is 11.0. The van der Waals surface area contributed by atoms with Crippen molar-refractivity contribution < 1.29 is 57.7 Å². The highest BCUT2D eigenvalue weighted by molar-refractivity contribution is 6.58. The molecule has 1 amide bonds. The predicted molar refractivity (Wildman–Crippen MR) is 385 cm³/mol. The summed E-state index contributed by atoms with van der Waals surface area (Å²) in [5.41, 5.74) is 25.6. The maximum atomic E-state index is 14.3. The molecule has 13 N–H and O–H groups in total. The highest BCUT2D eigenvalue weighted by Gasteiger charge is 2.18. The molecule has 27 heteroatoms. The lowest BCUT2D eigenvalue weighted by Crippen LogP contribution is -2.32. The van der Waals surface area contributed by atoms with Gasteiger partial charge >= 0.3 is 13.1 Å². The van der Waals surface area contributed by atoms with Gasteiger partial charge in [-0.1, -0.05) is 97.0 Å². The van der Waals surface area contributed by atoms with E-state index in [2.05, 4.69) is 65.0 Å². The summed E-state index contributed by atoms with van der Waals surface area (Å²) in [5.74, 6) is -2.18. The largest absolute Gasteiger partial charge is 0.491 e. The van der Waals surface area contributed by atoms with E-state index in [1.165, 1.54) is 68.3 Å². The SMILES string of the molecule is C=C(C)c1cnc(-c2ccccc2F)cc1Cl.C=C(C)c1cnc(-c2ccccc2F)cc1Nc1ccncc1C(=O)NC[C@H](C)O.C=C(C)c1cnc(Cl)cc1Cl.COC(=O)c1cnccc1N.C[C@H](O)CCC(=O)c1cnccc1N.C[C@H](O)CN.OB(O)c1ccccc1F. The highest BCUT2D eigenvalue weighted by Crippen LogP contribution is 2.33. The Morgan fingerprint density at radius 1 is 0.571 bits per heavy atom. The van der Waals surface area contributed by atoms with Crippen LogP contribution in [-0.4, -0.2) is 119 Å². The Labute approximate surface area is 583 Å². The number of nitrogen functional groups attached to an aromatic ring is 2. The zero-order valence-electron chi connectivity index (χ0n) is 54.9. The van der Waals surface area contributed by atoms with Gasteiger partial charge in [0.15, 0.2) is 5.78 Å². The number of ether oxygens (including phenoxy) is 1. The van der Waals surface area contributed by atoms with Crippen LogP contribution in [0, 0.1) is 17.5 Å². The molecule has 516 valence electrons. The quantitative estimate of drug-likeness (QED) is 0.0175. The molecular formula is C71H78BCl3F3N11O9. The topological polar surface area (TPSA) is 341 Å². The third-order valence-electron chi connectivity index (χ3n) is 12.9. The molecule has 0 aliphatic carbocycles. The van der Waals surface area contributed by atoms with Gasteiger partial charge in [-0.25, -0.2) is 22.9 Å². The molecule has 0 unspecified atom stereocenters. The number of carbonyl (C=O) groups is 3. The van der Waals surface area contributed by atoms with Gasteiger partial charge in [-0.05, 0) is 131 Å². The van der Waals surface area contributed by atoms with Crippen molar-refractivity contribution in [3.63, 3.8) is 0 Å². The number of nitrogens with one attached hydrogen (secondary N) is 2. The van der Waals surface area contributed by atoms with Gasteiger partial charge in [0, 0.05) is 126 Å². The minimum absolute atomic E-state index is 0.0727. The van der Waals surface area contributed by atoms with Crippen LogP contribution in [0.3, 0.4) is 0 Å². The van der Waals surface area contributed by atoms with Crippen LogP contribution in [0.4, 0.5) is 35.9 Å². The number of hydrogen-bond acceptors (Lipinski definition) is 19. The van der Waals surface area contributed by atoms with E-state index < -0.39 is 31.1 Å². The molecule has 0 bridgehead atoms. The summed E-state index contributed by atoms with van der Waals surface area (Å²) in [6.07, 6.45) is 13.0. The van der Waals surface area contributed by atoms with Crippen LogP contribution in [0.15, 0.2) is 185 Å². The number of rotatable bonds is 17. The maximum Gasteiger partial charge on any atom is 0.491 e. The standard InChI is InChI=1S/C23H23FN4O2.C14H11ClFN.C10H14N2O2.C8H7Cl2N.C7H8N2O2.C6H6BFO2.C3H9NO/c1-14(2)17-13-26-21(16-6-4-5-7-19(16)24)10-22(17)28-20-8-9-25-12-18(20)23(30)27-11-15(3)29;1-9(2)11-8-17-14(7-12(11)15)10-5-3-4-6-13(10)16;1-7(13)2-3-10(14)8-6-12-5-4-9(8)11;1-5(2)6-4-11-8(10)3-7(6)9;1-11-7(10)5-4-9-3-2-6(5)8;8-6-4-2-1-3-5(6)7(9)10;1-3(5)2-4/h4-10,12-13,15,29H,1,11H2,2-3H3,(H,27,30)(H,25,26,28);3-8H,1H2,2H3;4-7,13H,2-3H2,1H3,(H2,11,12);3-4H,1H2,2H3;2-4H,1H3,(H2,8,9);1-4,9-10H;3,5H,2,4H2,1H3/t15-;;7-;;;;3-/m0.0...0/s1. The van der Waals surface area contributed by atoms with Crippen molar-refractivity contribution >= 4 is 105 Å². The first kappa shape index (κ1) is 82.5. The first-order valence-corrected chi connectivity index (χ1v) is 30.8.